The van der Waals surface area contributed by atoms with Gasteiger partial charge in [0.15, 0.2) is 5.78 Å². The number of hydrogen-bond donors (Lipinski definition) is 0. The van der Waals surface area contributed by atoms with Crippen LogP contribution in [0, 0.1) is 10.8 Å². The van der Waals surface area contributed by atoms with Crippen LogP contribution < -0.4 is 0 Å². The molecule has 3 aliphatic rings. The third-order valence-electron chi connectivity index (χ3n) is 5.10. The zero-order chi connectivity index (χ0) is 9.81. The van der Waals surface area contributed by atoms with E-state index in [0.29, 0.717) is 11.2 Å². The Labute approximate surface area is 85.6 Å². The van der Waals surface area contributed by atoms with Crippen LogP contribution in [0.1, 0.15) is 51.9 Å². The Morgan fingerprint density at radius 3 is 2.79 bits per heavy atom. The molecule has 1 nitrogen and oxygen atoms in total. The van der Waals surface area contributed by atoms with Crippen LogP contribution in [0.4, 0.5) is 0 Å². The second kappa shape index (κ2) is 2.50. The van der Waals surface area contributed by atoms with Crippen LogP contribution in [-0.2, 0) is 4.79 Å². The average Bonchev–Trinajstić information content (AvgIpc) is 2.59. The van der Waals surface area contributed by atoms with E-state index in [1.54, 1.807) is 0 Å². The molecule has 0 aromatic heterocycles. The lowest BCUT2D eigenvalue weighted by Crippen LogP contribution is -2.38. The minimum Gasteiger partial charge on any atom is -0.294 e. The zero-order valence-corrected chi connectivity index (χ0v) is 8.94. The van der Waals surface area contributed by atoms with Gasteiger partial charge in [-0.05, 0) is 38.2 Å². The van der Waals surface area contributed by atoms with E-state index in [2.05, 4.69) is 6.92 Å². The van der Waals surface area contributed by atoms with Crippen LogP contribution in [0.5, 0.6) is 0 Å². The first-order valence-electron chi connectivity index (χ1n) is 5.95. The first-order chi connectivity index (χ1) is 6.69. The van der Waals surface area contributed by atoms with Crippen molar-refractivity contribution in [3.63, 3.8) is 0 Å². The van der Waals surface area contributed by atoms with Gasteiger partial charge in [-0.25, -0.2) is 0 Å². The highest BCUT2D eigenvalue weighted by molar-refractivity contribution is 6.00. The molecule has 3 rings (SSSR count). The van der Waals surface area contributed by atoms with E-state index in [-0.39, 0.29) is 5.41 Å². The topological polar surface area (TPSA) is 17.1 Å². The molecule has 0 N–H and O–H groups in total. The molecule has 0 heterocycles. The molecule has 0 aromatic rings. The Balaban J connectivity index is 2.13. The minimum absolute atomic E-state index is 0.00273. The number of hydrogen-bond acceptors (Lipinski definition) is 1. The Morgan fingerprint density at radius 1 is 1.14 bits per heavy atom. The van der Waals surface area contributed by atoms with Crippen molar-refractivity contribution < 1.29 is 4.79 Å². The summed E-state index contributed by atoms with van der Waals surface area (Å²) < 4.78 is 0. The highest BCUT2D eigenvalue weighted by Gasteiger charge is 2.60. The molecule has 0 saturated heterocycles. The molecule has 76 valence electrons. The normalized spacial score (nSPS) is 46.1. The summed E-state index contributed by atoms with van der Waals surface area (Å²) in [5, 5.41) is 0. The van der Waals surface area contributed by atoms with Gasteiger partial charge in [-0.2, -0.15) is 0 Å². The maximum atomic E-state index is 12.1. The van der Waals surface area contributed by atoms with Crippen LogP contribution in [-0.4, -0.2) is 5.78 Å². The molecule has 14 heavy (non-hydrogen) atoms. The lowest BCUT2D eigenvalue weighted by Gasteiger charge is -2.42. The van der Waals surface area contributed by atoms with Crippen molar-refractivity contribution >= 4 is 5.78 Å². The molecule has 1 spiro atoms. The van der Waals surface area contributed by atoms with Gasteiger partial charge < -0.3 is 0 Å². The average molecular weight is 190 g/mol. The summed E-state index contributed by atoms with van der Waals surface area (Å²) in [5.74, 6) is 0.437. The summed E-state index contributed by atoms with van der Waals surface area (Å²) in [6.45, 7) is 2.22. The van der Waals surface area contributed by atoms with Crippen molar-refractivity contribution in [2.24, 2.45) is 10.8 Å². The monoisotopic (exact) mass is 190 g/mol. The van der Waals surface area contributed by atoms with E-state index < -0.39 is 0 Å². The number of rotatable bonds is 0. The van der Waals surface area contributed by atoms with Gasteiger partial charge in [0, 0.05) is 10.8 Å². The standard InChI is InChI=1S/C13H18O/c1-12-6-4-8-13(12)7-3-2-5-10(13)9-11(12)14/h9H,2-8H2,1H3. The maximum absolute atomic E-state index is 12.1. The predicted molar refractivity (Wildman–Crippen MR) is 55.9 cm³/mol. The minimum atomic E-state index is 0.00273. The Bertz CT molecular complexity index is 328. The highest BCUT2D eigenvalue weighted by Crippen LogP contribution is 2.65. The molecule has 0 bridgehead atoms. The Kier molecular flexibility index (Phi) is 1.55. The predicted octanol–water partition coefficient (Wildman–Crippen LogP) is 3.25. The highest BCUT2D eigenvalue weighted by atomic mass is 16.1. The Hall–Kier alpha value is -0.590. The molecular formula is C13H18O. The Morgan fingerprint density at radius 2 is 1.93 bits per heavy atom. The van der Waals surface area contributed by atoms with Crippen molar-refractivity contribution in [3.8, 4) is 0 Å². The molecule has 3 aliphatic carbocycles. The van der Waals surface area contributed by atoms with E-state index in [4.69, 9.17) is 0 Å². The number of ketones is 1. The van der Waals surface area contributed by atoms with E-state index in [0.717, 1.165) is 6.42 Å². The summed E-state index contributed by atoms with van der Waals surface area (Å²) in [4.78, 5) is 12.1. The van der Waals surface area contributed by atoms with Gasteiger partial charge in [0.05, 0.1) is 0 Å². The van der Waals surface area contributed by atoms with Gasteiger partial charge in [-0.3, -0.25) is 4.79 Å². The fraction of sp³-hybridized carbons (Fsp3) is 0.769. The summed E-state index contributed by atoms with van der Waals surface area (Å²) in [6.07, 6.45) is 10.8. The molecule has 2 unspecified atom stereocenters. The van der Waals surface area contributed by atoms with E-state index in [1.165, 1.54) is 44.1 Å². The van der Waals surface area contributed by atoms with Crippen LogP contribution >= 0.6 is 0 Å². The van der Waals surface area contributed by atoms with Gasteiger partial charge in [0.2, 0.25) is 0 Å². The molecular weight excluding hydrogens is 172 g/mol. The SMILES string of the molecule is CC12CCCC13CCCCC3=CC2=O. The van der Waals surface area contributed by atoms with Gasteiger partial charge in [0.1, 0.15) is 0 Å². The fourth-order valence-electron chi connectivity index (χ4n) is 4.20. The van der Waals surface area contributed by atoms with Gasteiger partial charge in [-0.1, -0.05) is 25.3 Å². The van der Waals surface area contributed by atoms with Crippen LogP contribution in [0.3, 0.4) is 0 Å². The first kappa shape index (κ1) is 8.70. The maximum Gasteiger partial charge on any atom is 0.162 e. The zero-order valence-electron chi connectivity index (χ0n) is 8.94. The molecule has 0 aliphatic heterocycles. The van der Waals surface area contributed by atoms with Crippen LogP contribution in [0.2, 0.25) is 0 Å². The lowest BCUT2D eigenvalue weighted by atomic mass is 9.60. The number of carbonyl (C=O) groups is 1. The van der Waals surface area contributed by atoms with Gasteiger partial charge in [-0.15, -0.1) is 0 Å². The van der Waals surface area contributed by atoms with E-state index in [9.17, 15) is 4.79 Å². The van der Waals surface area contributed by atoms with Crippen molar-refractivity contribution in [1.29, 1.82) is 0 Å². The smallest absolute Gasteiger partial charge is 0.162 e. The van der Waals surface area contributed by atoms with Gasteiger partial charge in [0.25, 0.3) is 0 Å². The molecule has 1 heteroatoms. The molecule has 2 saturated carbocycles. The molecule has 2 atom stereocenters. The third-order valence-corrected chi connectivity index (χ3v) is 5.10. The number of carbonyl (C=O) groups excluding carboxylic acids is 1. The second-order valence-electron chi connectivity index (χ2n) is 5.51. The van der Waals surface area contributed by atoms with Crippen molar-refractivity contribution in [3.05, 3.63) is 11.6 Å². The van der Waals surface area contributed by atoms with Crippen molar-refractivity contribution in [1.82, 2.24) is 0 Å². The summed E-state index contributed by atoms with van der Waals surface area (Å²) in [7, 11) is 0. The lowest BCUT2D eigenvalue weighted by molar-refractivity contribution is -0.125. The molecule has 2 fully saturated rings. The fourth-order valence-corrected chi connectivity index (χ4v) is 4.20. The largest absolute Gasteiger partial charge is 0.294 e. The quantitative estimate of drug-likeness (QED) is 0.573. The van der Waals surface area contributed by atoms with E-state index >= 15 is 0 Å². The molecule has 0 aromatic carbocycles. The van der Waals surface area contributed by atoms with Crippen molar-refractivity contribution in [2.75, 3.05) is 0 Å². The third kappa shape index (κ3) is 0.757. The van der Waals surface area contributed by atoms with E-state index in [1.807, 2.05) is 6.08 Å². The summed E-state index contributed by atoms with van der Waals surface area (Å²) in [6, 6.07) is 0. The first-order valence-corrected chi connectivity index (χ1v) is 5.95. The van der Waals surface area contributed by atoms with Crippen LogP contribution in [0.15, 0.2) is 11.6 Å². The van der Waals surface area contributed by atoms with Crippen molar-refractivity contribution in [2.45, 2.75) is 51.9 Å². The summed E-state index contributed by atoms with van der Waals surface area (Å²) >= 11 is 0. The van der Waals surface area contributed by atoms with Crippen LogP contribution in [0.25, 0.3) is 0 Å². The van der Waals surface area contributed by atoms with Gasteiger partial charge >= 0.3 is 0 Å². The second-order valence-corrected chi connectivity index (χ2v) is 5.51. The number of allylic oxidation sites excluding steroid dienone is 2. The molecule has 0 radical (unpaired) electrons. The molecule has 0 amide bonds. The summed E-state index contributed by atoms with van der Waals surface area (Å²) in [5.41, 5.74) is 1.83.